The highest BCUT2D eigenvalue weighted by atomic mass is 35.5. The van der Waals surface area contributed by atoms with E-state index in [1.165, 1.54) is 18.2 Å². The number of nitrogens with two attached hydrogens (primary N) is 1. The van der Waals surface area contributed by atoms with E-state index in [0.29, 0.717) is 16.9 Å². The molecule has 20 heavy (non-hydrogen) atoms. The van der Waals surface area contributed by atoms with Crippen molar-refractivity contribution in [2.24, 2.45) is 0 Å². The first-order chi connectivity index (χ1) is 9.42. The third kappa shape index (κ3) is 3.22. The molecule has 2 rings (SSSR count). The minimum atomic E-state index is -3.72. The van der Waals surface area contributed by atoms with Gasteiger partial charge in [-0.3, -0.25) is 4.72 Å². The van der Waals surface area contributed by atoms with E-state index in [1.54, 1.807) is 24.3 Å². The quantitative estimate of drug-likeness (QED) is 0.755. The summed E-state index contributed by atoms with van der Waals surface area (Å²) in [6, 6.07) is 10.5. The Balaban J connectivity index is 2.27. The van der Waals surface area contributed by atoms with Crippen LogP contribution in [0.4, 0.5) is 11.4 Å². The van der Waals surface area contributed by atoms with Gasteiger partial charge in [0.15, 0.2) is 0 Å². The first-order valence-corrected chi connectivity index (χ1v) is 7.56. The fourth-order valence-electron chi connectivity index (χ4n) is 1.57. The molecule has 0 heterocycles. The van der Waals surface area contributed by atoms with Crippen molar-refractivity contribution >= 4 is 33.0 Å². The van der Waals surface area contributed by atoms with Crippen LogP contribution >= 0.6 is 11.6 Å². The van der Waals surface area contributed by atoms with Crippen molar-refractivity contribution in [3.8, 4) is 0 Å². The number of halogens is 1. The summed E-state index contributed by atoms with van der Waals surface area (Å²) in [6.45, 7) is -0.0966. The molecule has 2 aromatic rings. The predicted molar refractivity (Wildman–Crippen MR) is 79.0 cm³/mol. The van der Waals surface area contributed by atoms with Crippen LogP contribution in [0.2, 0.25) is 5.02 Å². The zero-order valence-corrected chi connectivity index (χ0v) is 11.9. The molecule has 0 unspecified atom stereocenters. The van der Waals surface area contributed by atoms with Crippen LogP contribution in [0.3, 0.4) is 0 Å². The van der Waals surface area contributed by atoms with Crippen LogP contribution in [-0.4, -0.2) is 13.5 Å². The van der Waals surface area contributed by atoms with Crippen LogP contribution in [-0.2, 0) is 16.6 Å². The maximum absolute atomic E-state index is 12.2. The summed E-state index contributed by atoms with van der Waals surface area (Å²) in [4.78, 5) is 0.0305. The summed E-state index contributed by atoms with van der Waals surface area (Å²) in [5, 5.41) is 9.11. The number of sulfonamides is 1. The molecule has 0 aliphatic carbocycles. The number of nitrogen functional groups attached to an aromatic ring is 1. The molecule has 0 radical (unpaired) electrons. The number of aliphatic hydroxyl groups is 1. The molecule has 0 spiro atoms. The van der Waals surface area contributed by atoms with Gasteiger partial charge >= 0.3 is 0 Å². The van der Waals surface area contributed by atoms with Crippen molar-refractivity contribution in [2.45, 2.75) is 11.5 Å². The second kappa shape index (κ2) is 5.70. The summed E-state index contributed by atoms with van der Waals surface area (Å²) in [5.74, 6) is 0. The van der Waals surface area contributed by atoms with Crippen LogP contribution in [0.15, 0.2) is 47.4 Å². The van der Waals surface area contributed by atoms with Crippen LogP contribution in [0, 0.1) is 0 Å². The Bertz CT molecular complexity index is 715. The largest absolute Gasteiger partial charge is 0.398 e. The van der Waals surface area contributed by atoms with Gasteiger partial charge in [-0.15, -0.1) is 0 Å². The van der Waals surface area contributed by atoms with E-state index >= 15 is 0 Å². The predicted octanol–water partition coefficient (Wildman–Crippen LogP) is 2.22. The molecule has 0 aromatic heterocycles. The maximum atomic E-state index is 12.2. The molecule has 0 aliphatic rings. The van der Waals surface area contributed by atoms with Gasteiger partial charge in [-0.25, -0.2) is 8.42 Å². The average molecular weight is 313 g/mol. The molecular formula is C13H13ClN2O3S. The molecule has 7 heteroatoms. The standard InChI is InChI=1S/C13H13ClN2O3S/c14-12-7-11(5-6-13(12)15)20(18,19)16-10-3-1-9(8-17)2-4-10/h1-7,16-17H,8,15H2. The Hall–Kier alpha value is -1.76. The van der Waals surface area contributed by atoms with Crippen LogP contribution < -0.4 is 10.5 Å². The zero-order chi connectivity index (χ0) is 14.8. The van der Waals surface area contributed by atoms with Gasteiger partial charge in [-0.05, 0) is 35.9 Å². The summed E-state index contributed by atoms with van der Waals surface area (Å²) in [6.07, 6.45) is 0. The second-order valence-electron chi connectivity index (χ2n) is 4.14. The summed E-state index contributed by atoms with van der Waals surface area (Å²) in [7, 11) is -3.72. The first-order valence-electron chi connectivity index (χ1n) is 5.70. The summed E-state index contributed by atoms with van der Waals surface area (Å²) >= 11 is 5.82. The van der Waals surface area contributed by atoms with E-state index in [1.807, 2.05) is 0 Å². The van der Waals surface area contributed by atoms with Crippen molar-refractivity contribution in [2.75, 3.05) is 10.5 Å². The van der Waals surface area contributed by atoms with E-state index in [0.717, 1.165) is 0 Å². The molecule has 0 atom stereocenters. The second-order valence-corrected chi connectivity index (χ2v) is 6.23. The molecule has 5 nitrogen and oxygen atoms in total. The number of hydrogen-bond acceptors (Lipinski definition) is 4. The van der Waals surface area contributed by atoms with Gasteiger partial charge < -0.3 is 10.8 Å². The minimum Gasteiger partial charge on any atom is -0.398 e. The number of aliphatic hydroxyl groups excluding tert-OH is 1. The van der Waals surface area contributed by atoms with Gasteiger partial charge in [0, 0.05) is 5.69 Å². The van der Waals surface area contributed by atoms with Crippen LogP contribution in [0.1, 0.15) is 5.56 Å². The van der Waals surface area contributed by atoms with Crippen LogP contribution in [0.5, 0.6) is 0 Å². The molecular weight excluding hydrogens is 300 g/mol. The summed E-state index contributed by atoms with van der Waals surface area (Å²) in [5.41, 5.74) is 6.96. The highest BCUT2D eigenvalue weighted by molar-refractivity contribution is 7.92. The lowest BCUT2D eigenvalue weighted by Gasteiger charge is -2.09. The maximum Gasteiger partial charge on any atom is 0.261 e. The zero-order valence-electron chi connectivity index (χ0n) is 10.4. The highest BCUT2D eigenvalue weighted by Gasteiger charge is 2.15. The van der Waals surface area contributed by atoms with Gasteiger partial charge in [0.25, 0.3) is 10.0 Å². The molecule has 0 fully saturated rings. The lowest BCUT2D eigenvalue weighted by Crippen LogP contribution is -2.13. The van der Waals surface area contributed by atoms with E-state index < -0.39 is 10.0 Å². The van der Waals surface area contributed by atoms with Gasteiger partial charge in [-0.2, -0.15) is 0 Å². The van der Waals surface area contributed by atoms with Gasteiger partial charge in [0.1, 0.15) is 0 Å². The fourth-order valence-corrected chi connectivity index (χ4v) is 2.90. The number of anilines is 2. The third-order valence-corrected chi connectivity index (χ3v) is 4.38. The fraction of sp³-hybridized carbons (Fsp3) is 0.0769. The summed E-state index contributed by atoms with van der Waals surface area (Å²) < 4.78 is 26.7. The van der Waals surface area contributed by atoms with E-state index in [9.17, 15) is 8.42 Å². The Morgan fingerprint density at radius 1 is 1.15 bits per heavy atom. The van der Waals surface area contributed by atoms with Crippen molar-refractivity contribution in [3.05, 3.63) is 53.1 Å². The van der Waals surface area contributed by atoms with Crippen molar-refractivity contribution < 1.29 is 13.5 Å². The Morgan fingerprint density at radius 2 is 1.80 bits per heavy atom. The van der Waals surface area contributed by atoms with Gasteiger partial charge in [0.2, 0.25) is 0 Å². The van der Waals surface area contributed by atoms with Gasteiger partial charge in [0.05, 0.1) is 22.2 Å². The lowest BCUT2D eigenvalue weighted by molar-refractivity contribution is 0.282. The van der Waals surface area contributed by atoms with Crippen molar-refractivity contribution in [1.82, 2.24) is 0 Å². The molecule has 2 aromatic carbocycles. The van der Waals surface area contributed by atoms with E-state index in [-0.39, 0.29) is 16.5 Å². The topological polar surface area (TPSA) is 92.4 Å². The van der Waals surface area contributed by atoms with Gasteiger partial charge in [-0.1, -0.05) is 23.7 Å². The Morgan fingerprint density at radius 3 is 2.35 bits per heavy atom. The number of nitrogens with one attached hydrogen (secondary N) is 1. The Kier molecular flexibility index (Phi) is 4.17. The molecule has 0 saturated carbocycles. The number of rotatable bonds is 4. The molecule has 106 valence electrons. The Labute approximate surface area is 122 Å². The molecule has 0 amide bonds. The smallest absolute Gasteiger partial charge is 0.261 e. The molecule has 4 N–H and O–H groups in total. The first kappa shape index (κ1) is 14.6. The number of hydrogen-bond donors (Lipinski definition) is 3. The van der Waals surface area contributed by atoms with Crippen molar-refractivity contribution in [1.29, 1.82) is 0 Å². The van der Waals surface area contributed by atoms with Crippen molar-refractivity contribution in [3.63, 3.8) is 0 Å². The third-order valence-electron chi connectivity index (χ3n) is 2.67. The van der Waals surface area contributed by atoms with Crippen LogP contribution in [0.25, 0.3) is 0 Å². The molecule has 0 aliphatic heterocycles. The molecule has 0 saturated heterocycles. The number of benzene rings is 2. The monoisotopic (exact) mass is 312 g/mol. The molecule has 0 bridgehead atoms. The normalized spacial score (nSPS) is 11.3. The average Bonchev–Trinajstić information content (AvgIpc) is 2.42. The minimum absolute atomic E-state index is 0.0305. The highest BCUT2D eigenvalue weighted by Crippen LogP contribution is 2.24. The SMILES string of the molecule is Nc1ccc(S(=O)(=O)Nc2ccc(CO)cc2)cc1Cl. The van der Waals surface area contributed by atoms with E-state index in [4.69, 9.17) is 22.4 Å². The van der Waals surface area contributed by atoms with E-state index in [2.05, 4.69) is 4.72 Å². The lowest BCUT2D eigenvalue weighted by atomic mass is 10.2.